The maximum Gasteiger partial charge on any atom is 0.280 e. The van der Waals surface area contributed by atoms with E-state index in [0.717, 1.165) is 66.6 Å². The van der Waals surface area contributed by atoms with Gasteiger partial charge in [-0.2, -0.15) is 5.10 Å². The molecular weight excluding hydrogens is 414 g/mol. The maximum atomic E-state index is 13.6. The summed E-state index contributed by atoms with van der Waals surface area (Å²) in [5, 5.41) is 5.19. The van der Waals surface area contributed by atoms with E-state index in [9.17, 15) is 4.79 Å². The van der Waals surface area contributed by atoms with Gasteiger partial charge in [-0.3, -0.25) is 19.3 Å². The van der Waals surface area contributed by atoms with Gasteiger partial charge in [-0.1, -0.05) is 17.4 Å². The van der Waals surface area contributed by atoms with Crippen molar-refractivity contribution in [1.29, 1.82) is 0 Å². The van der Waals surface area contributed by atoms with Crippen molar-refractivity contribution in [2.45, 2.75) is 27.3 Å². The minimum absolute atomic E-state index is 0.126. The Morgan fingerprint density at radius 1 is 1.29 bits per heavy atom. The third-order valence-electron chi connectivity index (χ3n) is 5.63. The zero-order valence-corrected chi connectivity index (χ0v) is 19.4. The van der Waals surface area contributed by atoms with Crippen LogP contribution in [0.3, 0.4) is 0 Å². The molecule has 1 aliphatic heterocycles. The fourth-order valence-electron chi connectivity index (χ4n) is 3.80. The van der Waals surface area contributed by atoms with E-state index in [-0.39, 0.29) is 5.91 Å². The molecule has 3 aromatic rings. The third kappa shape index (κ3) is 4.44. The van der Waals surface area contributed by atoms with Gasteiger partial charge in [-0.15, -0.1) is 0 Å². The first-order chi connectivity index (χ1) is 15.0. The van der Waals surface area contributed by atoms with Crippen molar-refractivity contribution in [3.8, 4) is 5.75 Å². The van der Waals surface area contributed by atoms with Gasteiger partial charge in [-0.25, -0.2) is 4.98 Å². The van der Waals surface area contributed by atoms with Gasteiger partial charge in [0.25, 0.3) is 5.91 Å². The van der Waals surface area contributed by atoms with Crippen LogP contribution >= 0.6 is 11.3 Å². The second-order valence-corrected chi connectivity index (χ2v) is 8.63. The smallest absolute Gasteiger partial charge is 0.280 e. The molecule has 2 aromatic heterocycles. The van der Waals surface area contributed by atoms with Gasteiger partial charge in [-0.05, 0) is 38.5 Å². The standard InChI is InChI=1S/C22H29N5O3S/c1-5-27-16(3)14-17(24-27)21(28)26(9-8-25-10-12-30-13-11-25)22-23-19-18(29-4)7-6-15(2)20(19)31-22/h6-7,14H,5,8-13H2,1-4H3. The zero-order valence-electron chi connectivity index (χ0n) is 18.6. The topological polar surface area (TPSA) is 72.7 Å². The molecule has 0 bridgehead atoms. The Morgan fingerprint density at radius 2 is 2.06 bits per heavy atom. The van der Waals surface area contributed by atoms with E-state index >= 15 is 0 Å². The highest BCUT2D eigenvalue weighted by Crippen LogP contribution is 2.36. The molecule has 1 saturated heterocycles. The number of carbonyl (C=O) groups excluding carboxylic acids is 1. The van der Waals surface area contributed by atoms with Gasteiger partial charge in [0.05, 0.1) is 25.0 Å². The highest BCUT2D eigenvalue weighted by Gasteiger charge is 2.26. The molecule has 0 atom stereocenters. The lowest BCUT2D eigenvalue weighted by Crippen LogP contribution is -2.43. The average Bonchev–Trinajstić information content (AvgIpc) is 3.39. The normalized spacial score (nSPS) is 14.8. The Kier molecular flexibility index (Phi) is 6.54. The summed E-state index contributed by atoms with van der Waals surface area (Å²) in [5.74, 6) is 0.592. The lowest BCUT2D eigenvalue weighted by Gasteiger charge is -2.29. The van der Waals surface area contributed by atoms with Gasteiger partial charge < -0.3 is 9.47 Å². The molecule has 1 fully saturated rings. The summed E-state index contributed by atoms with van der Waals surface area (Å²) in [7, 11) is 1.64. The molecule has 1 amide bonds. The number of ether oxygens (including phenoxy) is 2. The van der Waals surface area contributed by atoms with Crippen LogP contribution in [0.25, 0.3) is 10.2 Å². The molecule has 1 aromatic carbocycles. The summed E-state index contributed by atoms with van der Waals surface area (Å²) in [4.78, 5) is 22.5. The number of amides is 1. The Labute approximate surface area is 186 Å². The van der Waals surface area contributed by atoms with Crippen molar-refractivity contribution in [3.05, 3.63) is 35.2 Å². The van der Waals surface area contributed by atoms with Crippen LogP contribution in [-0.2, 0) is 11.3 Å². The maximum absolute atomic E-state index is 13.6. The van der Waals surface area contributed by atoms with Gasteiger partial charge in [0.1, 0.15) is 11.3 Å². The molecular formula is C22H29N5O3S. The first-order valence-electron chi connectivity index (χ1n) is 10.6. The van der Waals surface area contributed by atoms with E-state index in [1.165, 1.54) is 11.3 Å². The zero-order chi connectivity index (χ0) is 22.0. The minimum Gasteiger partial charge on any atom is -0.494 e. The summed E-state index contributed by atoms with van der Waals surface area (Å²) >= 11 is 1.52. The third-order valence-corrected chi connectivity index (χ3v) is 6.85. The number of hydrogen-bond acceptors (Lipinski definition) is 7. The summed E-state index contributed by atoms with van der Waals surface area (Å²) in [6, 6.07) is 5.80. The van der Waals surface area contributed by atoms with Crippen LogP contribution < -0.4 is 9.64 Å². The van der Waals surface area contributed by atoms with E-state index in [0.29, 0.717) is 17.4 Å². The van der Waals surface area contributed by atoms with Crippen LogP contribution in [0.5, 0.6) is 5.75 Å². The number of carbonyl (C=O) groups is 1. The molecule has 9 heteroatoms. The largest absolute Gasteiger partial charge is 0.494 e. The Balaban J connectivity index is 1.69. The first kappa shape index (κ1) is 21.7. The van der Waals surface area contributed by atoms with Gasteiger partial charge in [0.2, 0.25) is 0 Å². The lowest BCUT2D eigenvalue weighted by atomic mass is 10.2. The molecule has 0 radical (unpaired) electrons. The molecule has 8 nitrogen and oxygen atoms in total. The van der Waals surface area contributed by atoms with Crippen LogP contribution in [-0.4, -0.2) is 72.1 Å². The molecule has 166 valence electrons. The summed E-state index contributed by atoms with van der Waals surface area (Å²) in [5.41, 5.74) is 3.33. The number of nitrogens with zero attached hydrogens (tertiary/aromatic N) is 5. The van der Waals surface area contributed by atoms with Crippen molar-refractivity contribution in [3.63, 3.8) is 0 Å². The number of thiazole rings is 1. The molecule has 0 N–H and O–H groups in total. The van der Waals surface area contributed by atoms with Crippen molar-refractivity contribution < 1.29 is 14.3 Å². The number of morpholine rings is 1. The first-order valence-corrected chi connectivity index (χ1v) is 11.4. The van der Waals surface area contributed by atoms with E-state index in [1.54, 1.807) is 12.0 Å². The van der Waals surface area contributed by atoms with Crippen LogP contribution in [0.15, 0.2) is 18.2 Å². The van der Waals surface area contributed by atoms with Crippen LogP contribution in [0, 0.1) is 13.8 Å². The van der Waals surface area contributed by atoms with Crippen LogP contribution in [0.1, 0.15) is 28.7 Å². The number of benzene rings is 1. The SMILES string of the molecule is CCn1nc(C(=O)N(CCN2CCOCC2)c2nc3c(OC)ccc(C)c3s2)cc1C. The van der Waals surface area contributed by atoms with Crippen LogP contribution in [0.2, 0.25) is 0 Å². The Hall–Kier alpha value is -2.49. The predicted octanol–water partition coefficient (Wildman–Crippen LogP) is 3.12. The fourth-order valence-corrected chi connectivity index (χ4v) is 4.88. The number of aryl methyl sites for hydroxylation is 3. The molecule has 0 aliphatic carbocycles. The highest BCUT2D eigenvalue weighted by atomic mass is 32.1. The van der Waals surface area contributed by atoms with Crippen molar-refractivity contribution in [2.75, 3.05) is 51.4 Å². The molecule has 4 rings (SSSR count). The average molecular weight is 444 g/mol. The number of fused-ring (bicyclic) bond motifs is 1. The highest BCUT2D eigenvalue weighted by molar-refractivity contribution is 7.22. The summed E-state index contributed by atoms with van der Waals surface area (Å²) in [6.07, 6.45) is 0. The number of anilines is 1. The molecule has 3 heterocycles. The van der Waals surface area contributed by atoms with E-state index in [1.807, 2.05) is 36.7 Å². The number of hydrogen-bond donors (Lipinski definition) is 0. The molecule has 31 heavy (non-hydrogen) atoms. The minimum atomic E-state index is -0.126. The molecule has 1 aliphatic rings. The van der Waals surface area contributed by atoms with E-state index in [4.69, 9.17) is 14.5 Å². The lowest BCUT2D eigenvalue weighted by molar-refractivity contribution is 0.0391. The number of rotatable bonds is 7. The second kappa shape index (κ2) is 9.33. The monoisotopic (exact) mass is 443 g/mol. The summed E-state index contributed by atoms with van der Waals surface area (Å²) < 4.78 is 13.9. The van der Waals surface area contributed by atoms with Gasteiger partial charge >= 0.3 is 0 Å². The van der Waals surface area contributed by atoms with Crippen molar-refractivity contribution >= 4 is 32.6 Å². The van der Waals surface area contributed by atoms with Crippen molar-refractivity contribution in [2.24, 2.45) is 0 Å². The number of aromatic nitrogens is 3. The second-order valence-electron chi connectivity index (χ2n) is 7.66. The molecule has 0 saturated carbocycles. The Morgan fingerprint density at radius 3 is 2.74 bits per heavy atom. The van der Waals surface area contributed by atoms with Crippen molar-refractivity contribution in [1.82, 2.24) is 19.7 Å². The van der Waals surface area contributed by atoms with Gasteiger partial charge in [0, 0.05) is 38.4 Å². The summed E-state index contributed by atoms with van der Waals surface area (Å²) in [6.45, 7) is 11.3. The van der Waals surface area contributed by atoms with Gasteiger partial charge in [0.15, 0.2) is 10.8 Å². The molecule has 0 unspecified atom stereocenters. The van der Waals surface area contributed by atoms with E-state index < -0.39 is 0 Å². The van der Waals surface area contributed by atoms with Crippen LogP contribution in [0.4, 0.5) is 5.13 Å². The predicted molar refractivity (Wildman–Crippen MR) is 122 cm³/mol. The molecule has 0 spiro atoms. The number of methoxy groups -OCH3 is 1. The Bertz CT molecular complexity index is 1070. The van der Waals surface area contributed by atoms with E-state index in [2.05, 4.69) is 16.9 Å². The quantitative estimate of drug-likeness (QED) is 0.559. The fraction of sp³-hybridized carbons (Fsp3) is 0.500.